The molecule has 4 nitrogen and oxygen atoms in total. The number of carbonyl (C=O) groups is 1. The molecular weight excluding hydrogens is 331 g/mol. The molecule has 0 aromatic heterocycles. The quantitative estimate of drug-likeness (QED) is 0.909. The lowest BCUT2D eigenvalue weighted by Crippen LogP contribution is -2.58. The fourth-order valence-electron chi connectivity index (χ4n) is 2.51. The van der Waals surface area contributed by atoms with E-state index in [4.69, 9.17) is 0 Å². The van der Waals surface area contributed by atoms with Crippen molar-refractivity contribution in [2.45, 2.75) is 43.3 Å². The molecule has 0 aliphatic heterocycles. The van der Waals surface area contributed by atoms with Gasteiger partial charge in [-0.1, -0.05) is 6.07 Å². The van der Waals surface area contributed by atoms with E-state index in [0.717, 1.165) is 19.2 Å². The molecule has 2 rings (SSSR count). The zero-order chi connectivity index (χ0) is 17.6. The van der Waals surface area contributed by atoms with Gasteiger partial charge in [0.15, 0.2) is 9.84 Å². The van der Waals surface area contributed by atoms with Crippen molar-refractivity contribution in [2.75, 3.05) is 6.26 Å². The third-order valence-electron chi connectivity index (χ3n) is 4.21. The van der Waals surface area contributed by atoms with Crippen LogP contribution in [0.1, 0.15) is 35.7 Å². The van der Waals surface area contributed by atoms with E-state index in [0.29, 0.717) is 18.4 Å². The van der Waals surface area contributed by atoms with Crippen LogP contribution >= 0.6 is 0 Å². The lowest BCUT2D eigenvalue weighted by molar-refractivity contribution is -0.194. The summed E-state index contributed by atoms with van der Waals surface area (Å²) in [6.45, 7) is 2.52. The molecular formula is C15H18F3NO3S. The summed E-state index contributed by atoms with van der Waals surface area (Å²) in [4.78, 5) is 12.2. The van der Waals surface area contributed by atoms with Gasteiger partial charge in [-0.15, -0.1) is 0 Å². The molecule has 1 aromatic carbocycles. The van der Waals surface area contributed by atoms with E-state index in [1.807, 2.05) is 0 Å². The lowest BCUT2D eigenvalue weighted by atomic mass is 9.94. The summed E-state index contributed by atoms with van der Waals surface area (Å²) >= 11 is 0. The molecule has 23 heavy (non-hydrogen) atoms. The Bertz CT molecular complexity index is 739. The van der Waals surface area contributed by atoms with Crippen LogP contribution in [0.2, 0.25) is 0 Å². The number of carbonyl (C=O) groups excluding carboxylic acids is 1. The molecule has 1 aliphatic carbocycles. The van der Waals surface area contributed by atoms with Crippen LogP contribution in [0.25, 0.3) is 0 Å². The Labute approximate surface area is 133 Å². The van der Waals surface area contributed by atoms with Crippen molar-refractivity contribution in [1.82, 2.24) is 5.32 Å². The van der Waals surface area contributed by atoms with Gasteiger partial charge in [-0.25, -0.2) is 8.42 Å². The second-order valence-corrected chi connectivity index (χ2v) is 8.17. The molecule has 1 unspecified atom stereocenters. The van der Waals surface area contributed by atoms with Gasteiger partial charge in [0.05, 0.1) is 4.90 Å². The number of hydrogen-bond donors (Lipinski definition) is 1. The highest BCUT2D eigenvalue weighted by atomic mass is 32.2. The van der Waals surface area contributed by atoms with Crippen molar-refractivity contribution in [2.24, 2.45) is 5.92 Å². The molecule has 0 saturated heterocycles. The standard InChI is InChI=1S/C15H18F3NO3S/c1-9-4-5-10(8-12(9)23(3,21)22)13(20)19-14(2,11-6-7-11)15(16,17)18/h4-5,8,11H,6-7H2,1-3H3,(H,19,20). The first-order valence-electron chi connectivity index (χ1n) is 7.06. The van der Waals surface area contributed by atoms with Crippen LogP contribution in [-0.2, 0) is 9.84 Å². The minimum absolute atomic E-state index is 0.0646. The third kappa shape index (κ3) is 3.52. The van der Waals surface area contributed by atoms with Crippen molar-refractivity contribution < 1.29 is 26.4 Å². The van der Waals surface area contributed by atoms with Gasteiger partial charge in [0.2, 0.25) is 0 Å². The van der Waals surface area contributed by atoms with E-state index in [1.165, 1.54) is 12.1 Å². The topological polar surface area (TPSA) is 63.2 Å². The Kier molecular flexibility index (Phi) is 4.26. The summed E-state index contributed by atoms with van der Waals surface area (Å²) in [7, 11) is -3.57. The van der Waals surface area contributed by atoms with E-state index in [9.17, 15) is 26.4 Å². The second-order valence-electron chi connectivity index (χ2n) is 6.18. The largest absolute Gasteiger partial charge is 0.411 e. The zero-order valence-corrected chi connectivity index (χ0v) is 13.8. The Morgan fingerprint density at radius 1 is 1.26 bits per heavy atom. The summed E-state index contributed by atoms with van der Waals surface area (Å²) in [6.07, 6.45) is -2.78. The predicted molar refractivity (Wildman–Crippen MR) is 78.9 cm³/mol. The normalized spacial score (nSPS) is 18.3. The summed E-state index contributed by atoms with van der Waals surface area (Å²) in [5, 5.41) is 2.05. The Balaban J connectivity index is 2.34. The third-order valence-corrected chi connectivity index (χ3v) is 5.44. The van der Waals surface area contributed by atoms with Crippen LogP contribution < -0.4 is 5.32 Å². The first-order chi connectivity index (χ1) is 10.4. The SMILES string of the molecule is Cc1ccc(C(=O)NC(C)(C2CC2)C(F)(F)F)cc1S(C)(=O)=O. The lowest BCUT2D eigenvalue weighted by Gasteiger charge is -2.33. The van der Waals surface area contributed by atoms with E-state index in [1.54, 1.807) is 6.92 Å². The van der Waals surface area contributed by atoms with Gasteiger partial charge in [0.1, 0.15) is 5.54 Å². The van der Waals surface area contributed by atoms with Gasteiger partial charge >= 0.3 is 6.18 Å². The summed E-state index contributed by atoms with van der Waals surface area (Å²) < 4.78 is 63.2. The minimum atomic E-state index is -4.58. The van der Waals surface area contributed by atoms with Gasteiger partial charge in [0.25, 0.3) is 5.91 Å². The molecule has 1 aliphatic rings. The van der Waals surface area contributed by atoms with E-state index < -0.39 is 33.4 Å². The molecule has 1 amide bonds. The molecule has 1 aromatic rings. The highest BCUT2D eigenvalue weighted by molar-refractivity contribution is 7.90. The maximum Gasteiger partial charge on any atom is 0.411 e. The number of nitrogens with one attached hydrogen (secondary N) is 1. The highest BCUT2D eigenvalue weighted by Crippen LogP contribution is 2.48. The Hall–Kier alpha value is -1.57. The molecule has 1 fully saturated rings. The van der Waals surface area contributed by atoms with Crippen LogP contribution in [-0.4, -0.2) is 32.3 Å². The van der Waals surface area contributed by atoms with Gasteiger partial charge in [-0.3, -0.25) is 4.79 Å². The first kappa shape index (κ1) is 17.8. The molecule has 1 atom stereocenters. The number of alkyl halides is 3. The van der Waals surface area contributed by atoms with Gasteiger partial charge in [0, 0.05) is 11.8 Å². The first-order valence-corrected chi connectivity index (χ1v) is 8.95. The number of hydrogen-bond acceptors (Lipinski definition) is 3. The van der Waals surface area contributed by atoms with E-state index in [-0.39, 0.29) is 10.5 Å². The number of rotatable bonds is 4. The highest BCUT2D eigenvalue weighted by Gasteiger charge is 2.60. The maximum absolute atomic E-state index is 13.3. The molecule has 1 saturated carbocycles. The molecule has 1 N–H and O–H groups in total. The van der Waals surface area contributed by atoms with Crippen molar-refractivity contribution in [1.29, 1.82) is 0 Å². The van der Waals surface area contributed by atoms with Crippen LogP contribution in [0, 0.1) is 12.8 Å². The van der Waals surface area contributed by atoms with Crippen LogP contribution in [0.5, 0.6) is 0 Å². The number of halogens is 3. The molecule has 0 bridgehead atoms. The fraction of sp³-hybridized carbons (Fsp3) is 0.533. The summed E-state index contributed by atoms with van der Waals surface area (Å²) in [5.74, 6) is -1.58. The average molecular weight is 349 g/mol. The van der Waals surface area contributed by atoms with E-state index in [2.05, 4.69) is 5.32 Å². The van der Waals surface area contributed by atoms with Crippen molar-refractivity contribution in [3.8, 4) is 0 Å². The Morgan fingerprint density at radius 3 is 2.26 bits per heavy atom. The summed E-state index contributed by atoms with van der Waals surface area (Å²) in [6, 6.07) is 3.85. The van der Waals surface area contributed by atoms with Crippen molar-refractivity contribution >= 4 is 15.7 Å². The van der Waals surface area contributed by atoms with Gasteiger partial charge in [-0.05, 0) is 50.3 Å². The van der Waals surface area contributed by atoms with Crippen LogP contribution in [0.4, 0.5) is 13.2 Å². The van der Waals surface area contributed by atoms with E-state index >= 15 is 0 Å². The Morgan fingerprint density at radius 2 is 1.83 bits per heavy atom. The minimum Gasteiger partial charge on any atom is -0.338 e. The smallest absolute Gasteiger partial charge is 0.338 e. The van der Waals surface area contributed by atoms with Gasteiger partial charge in [-0.2, -0.15) is 13.2 Å². The molecule has 0 heterocycles. The van der Waals surface area contributed by atoms with Crippen LogP contribution in [0.3, 0.4) is 0 Å². The number of benzene rings is 1. The van der Waals surface area contributed by atoms with Crippen LogP contribution in [0.15, 0.2) is 23.1 Å². The maximum atomic E-state index is 13.3. The van der Waals surface area contributed by atoms with Gasteiger partial charge < -0.3 is 5.32 Å². The molecule has 0 radical (unpaired) electrons. The van der Waals surface area contributed by atoms with Crippen molar-refractivity contribution in [3.05, 3.63) is 29.3 Å². The molecule has 0 spiro atoms. The summed E-state index contributed by atoms with van der Waals surface area (Å²) in [5.41, 5.74) is -1.97. The number of amides is 1. The monoisotopic (exact) mass is 349 g/mol. The van der Waals surface area contributed by atoms with Crippen molar-refractivity contribution in [3.63, 3.8) is 0 Å². The average Bonchev–Trinajstić information content (AvgIpc) is 3.20. The molecule has 8 heteroatoms. The fourth-order valence-corrected chi connectivity index (χ4v) is 3.51. The number of sulfone groups is 1. The number of aryl methyl sites for hydroxylation is 1. The predicted octanol–water partition coefficient (Wildman–Crippen LogP) is 2.86. The second kappa shape index (κ2) is 5.51. The molecule has 128 valence electrons. The zero-order valence-electron chi connectivity index (χ0n) is 13.0.